The van der Waals surface area contributed by atoms with Crippen LogP contribution in [0.4, 0.5) is 10.5 Å². The second-order valence-electron chi connectivity index (χ2n) is 13.8. The van der Waals surface area contributed by atoms with E-state index in [1.165, 1.54) is 0 Å². The number of carbonyl (C=O) groups excluding carboxylic acids is 3. The first-order valence-electron chi connectivity index (χ1n) is 17.4. The lowest BCUT2D eigenvalue weighted by Gasteiger charge is -2.43. The van der Waals surface area contributed by atoms with E-state index in [2.05, 4.69) is 39.3 Å². The van der Waals surface area contributed by atoms with E-state index in [-0.39, 0.29) is 30.3 Å². The van der Waals surface area contributed by atoms with Gasteiger partial charge in [0.15, 0.2) is 0 Å². The van der Waals surface area contributed by atoms with Gasteiger partial charge in [0.2, 0.25) is 11.8 Å². The van der Waals surface area contributed by atoms with Gasteiger partial charge in [0.25, 0.3) is 0 Å². The van der Waals surface area contributed by atoms with Crippen molar-refractivity contribution in [2.45, 2.75) is 57.2 Å². The molecule has 10 heteroatoms. The normalized spacial score (nSPS) is 21.0. The summed E-state index contributed by atoms with van der Waals surface area (Å²) in [5, 5.41) is 4.06. The molecule has 10 nitrogen and oxygen atoms in total. The molecule has 4 aliphatic heterocycles. The second-order valence-corrected chi connectivity index (χ2v) is 13.8. The maximum absolute atomic E-state index is 14.2. The van der Waals surface area contributed by atoms with Gasteiger partial charge in [0, 0.05) is 94.7 Å². The molecule has 47 heavy (non-hydrogen) atoms. The SMILES string of the molecule is CN1CCN(C2CCN(C(=O)C(CC(=O)N3CCC(N4Cc5ccccc5NC4=O)CC3)Cc3ccnc4ccccc34)CC2)CC1. The van der Waals surface area contributed by atoms with Crippen LogP contribution in [0.15, 0.2) is 60.8 Å². The number of para-hydroxylation sites is 2. The molecule has 5 heterocycles. The third-order valence-electron chi connectivity index (χ3n) is 10.9. The number of urea groups is 1. The molecule has 0 saturated carbocycles. The molecular formula is C37H47N7O3. The highest BCUT2D eigenvalue weighted by Crippen LogP contribution is 2.29. The van der Waals surface area contributed by atoms with Crippen LogP contribution in [0.1, 0.15) is 43.2 Å². The highest BCUT2D eigenvalue weighted by atomic mass is 16.2. The first-order valence-corrected chi connectivity index (χ1v) is 17.4. The highest BCUT2D eigenvalue weighted by Gasteiger charge is 2.36. The Morgan fingerprint density at radius 3 is 2.30 bits per heavy atom. The Morgan fingerprint density at radius 2 is 1.51 bits per heavy atom. The molecule has 7 rings (SSSR count). The molecule has 0 aliphatic carbocycles. The smallest absolute Gasteiger partial charge is 0.322 e. The molecule has 1 N–H and O–H groups in total. The molecule has 248 valence electrons. The van der Waals surface area contributed by atoms with Gasteiger partial charge in [-0.1, -0.05) is 36.4 Å². The van der Waals surface area contributed by atoms with Crippen LogP contribution in [0.5, 0.6) is 0 Å². The summed E-state index contributed by atoms with van der Waals surface area (Å²) in [6.45, 7) is 7.62. The Morgan fingerprint density at radius 1 is 0.830 bits per heavy atom. The number of aromatic nitrogens is 1. The summed E-state index contributed by atoms with van der Waals surface area (Å²) in [4.78, 5) is 56.4. The van der Waals surface area contributed by atoms with Crippen molar-refractivity contribution in [2.75, 3.05) is 64.7 Å². The van der Waals surface area contributed by atoms with Crippen molar-refractivity contribution in [3.8, 4) is 0 Å². The van der Waals surface area contributed by atoms with Crippen LogP contribution in [0, 0.1) is 5.92 Å². The summed E-state index contributed by atoms with van der Waals surface area (Å²) in [5.74, 6) is -0.314. The summed E-state index contributed by atoms with van der Waals surface area (Å²) < 4.78 is 0. The third kappa shape index (κ3) is 6.99. The van der Waals surface area contributed by atoms with E-state index in [9.17, 15) is 14.4 Å². The van der Waals surface area contributed by atoms with Gasteiger partial charge in [-0.05, 0) is 68.5 Å². The van der Waals surface area contributed by atoms with Crippen LogP contribution >= 0.6 is 0 Å². The molecule has 3 saturated heterocycles. The van der Waals surface area contributed by atoms with Crippen LogP contribution in [-0.2, 0) is 22.6 Å². The van der Waals surface area contributed by atoms with E-state index in [1.807, 2.05) is 63.4 Å². The summed E-state index contributed by atoms with van der Waals surface area (Å²) in [7, 11) is 2.18. The van der Waals surface area contributed by atoms with Crippen molar-refractivity contribution in [1.29, 1.82) is 0 Å². The number of benzene rings is 2. The van der Waals surface area contributed by atoms with Gasteiger partial charge in [0.1, 0.15) is 0 Å². The number of piperazine rings is 1. The number of fused-ring (bicyclic) bond motifs is 2. The van der Waals surface area contributed by atoms with Gasteiger partial charge < -0.3 is 24.9 Å². The molecule has 0 bridgehead atoms. The number of rotatable bonds is 7. The first kappa shape index (κ1) is 31.6. The van der Waals surface area contributed by atoms with Crippen molar-refractivity contribution < 1.29 is 14.4 Å². The predicted octanol–water partition coefficient (Wildman–Crippen LogP) is 4.06. The van der Waals surface area contributed by atoms with Gasteiger partial charge in [-0.2, -0.15) is 0 Å². The molecule has 3 fully saturated rings. The number of nitrogens with one attached hydrogen (secondary N) is 1. The number of hydrogen-bond donors (Lipinski definition) is 1. The summed E-state index contributed by atoms with van der Waals surface area (Å²) in [5.41, 5.74) is 3.96. The van der Waals surface area contributed by atoms with Crippen molar-refractivity contribution >= 4 is 34.4 Å². The lowest BCUT2D eigenvalue weighted by Crippen LogP contribution is -2.54. The lowest BCUT2D eigenvalue weighted by molar-refractivity contribution is -0.143. The van der Waals surface area contributed by atoms with Crippen molar-refractivity contribution in [3.05, 3.63) is 71.9 Å². The number of pyridine rings is 1. The molecule has 1 atom stereocenters. The Balaban J connectivity index is 1.01. The fourth-order valence-corrected chi connectivity index (χ4v) is 8.03. The molecule has 0 radical (unpaired) electrons. The minimum atomic E-state index is -0.435. The van der Waals surface area contributed by atoms with Crippen molar-refractivity contribution in [2.24, 2.45) is 5.92 Å². The highest BCUT2D eigenvalue weighted by molar-refractivity contribution is 5.92. The minimum absolute atomic E-state index is 0.0286. The fourth-order valence-electron chi connectivity index (χ4n) is 8.03. The molecule has 0 spiro atoms. The predicted molar refractivity (Wildman–Crippen MR) is 183 cm³/mol. The van der Waals surface area contributed by atoms with E-state index in [4.69, 9.17) is 0 Å². The summed E-state index contributed by atoms with van der Waals surface area (Å²) in [6, 6.07) is 18.5. The lowest BCUT2D eigenvalue weighted by atomic mass is 9.90. The molecule has 2 aromatic carbocycles. The average molecular weight is 638 g/mol. The number of anilines is 1. The Kier molecular flexibility index (Phi) is 9.40. The molecule has 4 aliphatic rings. The second kappa shape index (κ2) is 14.0. The number of likely N-dealkylation sites (N-methyl/N-ethyl adjacent to an activating group) is 1. The number of amides is 4. The molecule has 4 amide bonds. The van der Waals surface area contributed by atoms with E-state index in [1.54, 1.807) is 0 Å². The van der Waals surface area contributed by atoms with Gasteiger partial charge >= 0.3 is 6.03 Å². The van der Waals surface area contributed by atoms with E-state index < -0.39 is 5.92 Å². The largest absolute Gasteiger partial charge is 0.343 e. The zero-order valence-electron chi connectivity index (χ0n) is 27.5. The maximum atomic E-state index is 14.2. The van der Waals surface area contributed by atoms with Crippen LogP contribution in [0.2, 0.25) is 0 Å². The summed E-state index contributed by atoms with van der Waals surface area (Å²) >= 11 is 0. The molecular weight excluding hydrogens is 590 g/mol. The van der Waals surface area contributed by atoms with E-state index >= 15 is 0 Å². The average Bonchev–Trinajstić information content (AvgIpc) is 3.11. The van der Waals surface area contributed by atoms with Crippen LogP contribution in [-0.4, -0.2) is 119 Å². The Labute approximate surface area is 277 Å². The minimum Gasteiger partial charge on any atom is -0.343 e. The topological polar surface area (TPSA) is 92.3 Å². The summed E-state index contributed by atoms with van der Waals surface area (Å²) in [6.07, 6.45) is 5.94. The maximum Gasteiger partial charge on any atom is 0.322 e. The van der Waals surface area contributed by atoms with Gasteiger partial charge in [-0.25, -0.2) is 4.79 Å². The number of nitrogens with zero attached hydrogens (tertiary/aromatic N) is 6. The van der Waals surface area contributed by atoms with Crippen LogP contribution < -0.4 is 5.32 Å². The Hall–Kier alpha value is -4.02. The number of hydrogen-bond acceptors (Lipinski definition) is 6. The van der Waals surface area contributed by atoms with E-state index in [0.717, 1.165) is 92.7 Å². The van der Waals surface area contributed by atoms with Crippen LogP contribution in [0.3, 0.4) is 0 Å². The number of carbonyl (C=O) groups is 3. The number of likely N-dealkylation sites (tertiary alicyclic amines) is 2. The zero-order chi connectivity index (χ0) is 32.3. The molecule has 1 unspecified atom stereocenters. The first-order chi connectivity index (χ1) is 22.9. The molecule has 3 aromatic rings. The zero-order valence-corrected chi connectivity index (χ0v) is 27.5. The fraction of sp³-hybridized carbons (Fsp3) is 0.514. The van der Waals surface area contributed by atoms with Gasteiger partial charge in [-0.15, -0.1) is 0 Å². The number of piperidine rings is 2. The van der Waals surface area contributed by atoms with Crippen molar-refractivity contribution in [3.63, 3.8) is 0 Å². The quantitative estimate of drug-likeness (QED) is 0.420. The van der Waals surface area contributed by atoms with Crippen LogP contribution in [0.25, 0.3) is 10.9 Å². The van der Waals surface area contributed by atoms with E-state index in [0.29, 0.717) is 32.1 Å². The van der Waals surface area contributed by atoms with Gasteiger partial charge in [-0.3, -0.25) is 19.5 Å². The third-order valence-corrected chi connectivity index (χ3v) is 10.9. The van der Waals surface area contributed by atoms with Crippen molar-refractivity contribution in [1.82, 2.24) is 29.5 Å². The monoisotopic (exact) mass is 637 g/mol. The van der Waals surface area contributed by atoms with Gasteiger partial charge in [0.05, 0.1) is 11.4 Å². The standard InChI is InChI=1S/C37H47N7O3/c1-40-20-22-41(23-21-40)30-11-18-43(19-12-30)36(46)29(24-27-10-15-38-34-9-5-3-7-32(27)34)25-35(45)42-16-13-31(14-17-42)44-26-28-6-2-4-8-33(28)39-37(44)47/h2-10,15,29-31H,11-14,16-26H2,1H3,(H,39,47). The Bertz CT molecular complexity index is 1580. The molecule has 1 aromatic heterocycles.